The van der Waals surface area contributed by atoms with E-state index in [0.29, 0.717) is 6.54 Å². The summed E-state index contributed by atoms with van der Waals surface area (Å²) in [5, 5.41) is 2.95. The van der Waals surface area contributed by atoms with Crippen LogP contribution < -0.4 is 15.0 Å². The highest BCUT2D eigenvalue weighted by Gasteiger charge is 2.25. The van der Waals surface area contributed by atoms with Crippen LogP contribution in [0.5, 0.6) is 5.75 Å². The maximum absolute atomic E-state index is 12.0. The number of nitrogens with zero attached hydrogens (tertiary/aromatic N) is 5. The summed E-state index contributed by atoms with van der Waals surface area (Å²) in [5.41, 5.74) is 3.71. The third-order valence-electron chi connectivity index (χ3n) is 5.24. The number of fused-ring (bicyclic) bond motifs is 1. The Hall–Kier alpha value is -3.00. The number of nitrogens with one attached hydrogen (secondary N) is 1. The van der Waals surface area contributed by atoms with Crippen LogP contribution in [0, 0.1) is 0 Å². The molecule has 2 aliphatic rings. The molecule has 0 unspecified atom stereocenters. The molecular weight excluding hydrogens is 392 g/mol. The first kappa shape index (κ1) is 21.2. The van der Waals surface area contributed by atoms with Crippen molar-refractivity contribution in [2.24, 2.45) is 4.99 Å². The predicted octanol–water partition coefficient (Wildman–Crippen LogP) is 2.39. The van der Waals surface area contributed by atoms with Crippen LogP contribution in [0.1, 0.15) is 39.0 Å². The third kappa shape index (κ3) is 5.02. The smallest absolute Gasteiger partial charge is 0.234 e. The Kier molecular flexibility index (Phi) is 6.18. The average molecular weight is 423 g/mol. The van der Waals surface area contributed by atoms with Crippen molar-refractivity contribution in [3.05, 3.63) is 41.9 Å². The van der Waals surface area contributed by atoms with E-state index >= 15 is 0 Å². The number of aliphatic imine (C=N–C) groups is 1. The number of carbonyl (C=O) groups is 1. The number of aromatic nitrogens is 2. The van der Waals surface area contributed by atoms with Crippen LogP contribution in [0.4, 0.5) is 11.5 Å². The van der Waals surface area contributed by atoms with Gasteiger partial charge in [0.1, 0.15) is 17.9 Å². The monoisotopic (exact) mass is 422 g/mol. The van der Waals surface area contributed by atoms with Gasteiger partial charge in [0.05, 0.1) is 29.7 Å². The van der Waals surface area contributed by atoms with Crippen LogP contribution in [0.25, 0.3) is 0 Å². The molecule has 1 N–H and O–H groups in total. The van der Waals surface area contributed by atoms with Gasteiger partial charge in [-0.2, -0.15) is 0 Å². The van der Waals surface area contributed by atoms with Gasteiger partial charge < -0.3 is 15.0 Å². The van der Waals surface area contributed by atoms with E-state index in [0.717, 1.165) is 60.4 Å². The van der Waals surface area contributed by atoms with Crippen LogP contribution in [0.15, 0.2) is 35.6 Å². The summed E-state index contributed by atoms with van der Waals surface area (Å²) in [6.45, 7) is 11.7. The average Bonchev–Trinajstić information content (AvgIpc) is 2.70. The second kappa shape index (κ2) is 9.01. The van der Waals surface area contributed by atoms with E-state index in [1.165, 1.54) is 0 Å². The van der Waals surface area contributed by atoms with Crippen molar-refractivity contribution >= 4 is 23.1 Å². The summed E-state index contributed by atoms with van der Waals surface area (Å²) in [6, 6.07) is 8.12. The standard InChI is InChI=1S/C23H30N6O2/c1-15(2)26-22(30)13-28-7-9-29(10-8-28)21-12-20(24-14-25-21)23-18-11-17(31-16(3)4)5-6-19(18)27-23/h5-6,11-12,14-16H,7-10,13H2,1-4H3,(H,26,30). The molecule has 1 fully saturated rings. The minimum Gasteiger partial charge on any atom is -0.491 e. The zero-order valence-corrected chi connectivity index (χ0v) is 18.6. The Bertz CT molecular complexity index is 980. The highest BCUT2D eigenvalue weighted by Crippen LogP contribution is 2.35. The summed E-state index contributed by atoms with van der Waals surface area (Å²) >= 11 is 0. The fraction of sp³-hybridized carbons (Fsp3) is 0.478. The van der Waals surface area contributed by atoms with Gasteiger partial charge in [-0.3, -0.25) is 9.69 Å². The van der Waals surface area contributed by atoms with Crippen LogP contribution in [0.2, 0.25) is 0 Å². The first-order valence-corrected chi connectivity index (χ1v) is 10.9. The lowest BCUT2D eigenvalue weighted by molar-refractivity contribution is -0.122. The van der Waals surface area contributed by atoms with Crippen molar-refractivity contribution in [2.75, 3.05) is 37.6 Å². The fourth-order valence-corrected chi connectivity index (χ4v) is 3.83. The predicted molar refractivity (Wildman–Crippen MR) is 121 cm³/mol. The fourth-order valence-electron chi connectivity index (χ4n) is 3.83. The van der Waals surface area contributed by atoms with Crippen molar-refractivity contribution in [3.63, 3.8) is 0 Å². The Morgan fingerprint density at radius 1 is 1.10 bits per heavy atom. The molecule has 0 bridgehead atoms. The maximum Gasteiger partial charge on any atom is 0.234 e. The zero-order valence-electron chi connectivity index (χ0n) is 18.6. The SMILES string of the molecule is CC(C)NC(=O)CN1CCN(c2cc(C3=Nc4ccc(OC(C)C)cc43)ncn2)CC1. The normalized spacial score (nSPS) is 16.1. The van der Waals surface area contributed by atoms with Gasteiger partial charge in [-0.15, -0.1) is 0 Å². The number of carbonyl (C=O) groups excluding carboxylic acids is 1. The Balaban J connectivity index is 1.40. The topological polar surface area (TPSA) is 83.0 Å². The number of amides is 1. The minimum atomic E-state index is 0.0789. The second-order valence-electron chi connectivity index (χ2n) is 8.55. The Labute approximate surface area is 183 Å². The van der Waals surface area contributed by atoms with E-state index in [1.807, 2.05) is 52.0 Å². The molecule has 0 spiro atoms. The van der Waals surface area contributed by atoms with E-state index in [1.54, 1.807) is 6.33 Å². The number of rotatable bonds is 7. The number of anilines is 1. The van der Waals surface area contributed by atoms with Crippen molar-refractivity contribution in [3.8, 4) is 5.75 Å². The summed E-state index contributed by atoms with van der Waals surface area (Å²) < 4.78 is 5.82. The van der Waals surface area contributed by atoms with Gasteiger partial charge in [-0.05, 0) is 45.9 Å². The third-order valence-corrected chi connectivity index (χ3v) is 5.24. The van der Waals surface area contributed by atoms with E-state index in [4.69, 9.17) is 4.74 Å². The molecule has 164 valence electrons. The van der Waals surface area contributed by atoms with Crippen LogP contribution in [-0.2, 0) is 4.79 Å². The molecule has 0 radical (unpaired) electrons. The Morgan fingerprint density at radius 3 is 2.58 bits per heavy atom. The molecule has 0 saturated carbocycles. The lowest BCUT2D eigenvalue weighted by Crippen LogP contribution is -2.50. The summed E-state index contributed by atoms with van der Waals surface area (Å²) in [6.07, 6.45) is 1.72. The molecule has 1 aromatic carbocycles. The van der Waals surface area contributed by atoms with Gasteiger partial charge in [0.15, 0.2) is 0 Å². The molecule has 0 atom stereocenters. The molecule has 8 heteroatoms. The van der Waals surface area contributed by atoms with E-state index in [9.17, 15) is 4.79 Å². The molecule has 31 heavy (non-hydrogen) atoms. The molecule has 3 heterocycles. The van der Waals surface area contributed by atoms with Crippen LogP contribution >= 0.6 is 0 Å². The van der Waals surface area contributed by atoms with Crippen LogP contribution in [0.3, 0.4) is 0 Å². The van der Waals surface area contributed by atoms with Gasteiger partial charge >= 0.3 is 0 Å². The highest BCUT2D eigenvalue weighted by molar-refractivity contribution is 6.21. The van der Waals surface area contributed by atoms with Crippen molar-refractivity contribution in [2.45, 2.75) is 39.8 Å². The van der Waals surface area contributed by atoms with Gasteiger partial charge in [0.25, 0.3) is 0 Å². The van der Waals surface area contributed by atoms with E-state index < -0.39 is 0 Å². The lowest BCUT2D eigenvalue weighted by atomic mass is 9.99. The number of hydrogen-bond donors (Lipinski definition) is 1. The largest absolute Gasteiger partial charge is 0.491 e. The number of hydrogen-bond acceptors (Lipinski definition) is 7. The van der Waals surface area contributed by atoms with E-state index in [-0.39, 0.29) is 18.1 Å². The number of benzene rings is 1. The summed E-state index contributed by atoms with van der Waals surface area (Å²) in [7, 11) is 0. The summed E-state index contributed by atoms with van der Waals surface area (Å²) in [5.74, 6) is 1.81. The van der Waals surface area contributed by atoms with Gasteiger partial charge in [-0.25, -0.2) is 15.0 Å². The molecule has 1 amide bonds. The van der Waals surface area contributed by atoms with Crippen LogP contribution in [-0.4, -0.2) is 71.4 Å². The lowest BCUT2D eigenvalue weighted by Gasteiger charge is -2.35. The highest BCUT2D eigenvalue weighted by atomic mass is 16.5. The first-order valence-electron chi connectivity index (χ1n) is 10.9. The minimum absolute atomic E-state index is 0.0789. The molecule has 0 aliphatic carbocycles. The maximum atomic E-state index is 12.0. The first-order chi connectivity index (χ1) is 14.9. The molecule has 2 aromatic rings. The molecule has 1 saturated heterocycles. The second-order valence-corrected chi connectivity index (χ2v) is 8.55. The van der Waals surface area contributed by atoms with Crippen molar-refractivity contribution in [1.29, 1.82) is 0 Å². The van der Waals surface area contributed by atoms with Gasteiger partial charge in [0.2, 0.25) is 5.91 Å². The molecule has 1 aromatic heterocycles. The number of piperazine rings is 1. The Morgan fingerprint density at radius 2 is 1.87 bits per heavy atom. The molecular formula is C23H30N6O2. The molecule has 2 aliphatic heterocycles. The quantitative estimate of drug-likeness (QED) is 0.630. The van der Waals surface area contributed by atoms with Gasteiger partial charge in [0, 0.05) is 43.9 Å². The van der Waals surface area contributed by atoms with Crippen molar-refractivity contribution < 1.29 is 9.53 Å². The zero-order chi connectivity index (χ0) is 22.0. The summed E-state index contributed by atoms with van der Waals surface area (Å²) in [4.78, 5) is 30.0. The molecule has 8 nitrogen and oxygen atoms in total. The van der Waals surface area contributed by atoms with Crippen molar-refractivity contribution in [1.82, 2.24) is 20.2 Å². The van der Waals surface area contributed by atoms with E-state index in [2.05, 4.69) is 30.1 Å². The molecule has 4 rings (SSSR count). The number of ether oxygens (including phenoxy) is 1. The van der Waals surface area contributed by atoms with Gasteiger partial charge in [-0.1, -0.05) is 0 Å².